The van der Waals surface area contributed by atoms with Gasteiger partial charge in [0.1, 0.15) is 0 Å². The maximum atomic E-state index is 12.1. The molecule has 0 bridgehead atoms. The molecule has 0 unspecified atom stereocenters. The lowest BCUT2D eigenvalue weighted by Gasteiger charge is -2.20. The lowest BCUT2D eigenvalue weighted by molar-refractivity contribution is -0.118. The Labute approximate surface area is 168 Å². The Morgan fingerprint density at radius 3 is 2.61 bits per heavy atom. The van der Waals surface area contributed by atoms with E-state index in [1.54, 1.807) is 24.3 Å². The number of nitrogens with two attached hydrogens (primary N) is 1. The monoisotopic (exact) mass is 403 g/mol. The van der Waals surface area contributed by atoms with Crippen LogP contribution < -0.4 is 11.2 Å². The first-order chi connectivity index (χ1) is 13.6. The minimum atomic E-state index is -0.384. The molecule has 1 heterocycles. The van der Waals surface area contributed by atoms with Crippen molar-refractivity contribution in [1.82, 2.24) is 20.2 Å². The molecule has 1 aliphatic carbocycles. The zero-order chi connectivity index (χ0) is 19.9. The number of nitrogen functional groups attached to an aromatic ring is 1. The summed E-state index contributed by atoms with van der Waals surface area (Å²) in [5.74, 6) is 7.02. The van der Waals surface area contributed by atoms with E-state index in [9.17, 15) is 9.59 Å². The van der Waals surface area contributed by atoms with Gasteiger partial charge in [0.15, 0.2) is 5.82 Å². The Morgan fingerprint density at radius 2 is 1.93 bits per heavy atom. The zero-order valence-corrected chi connectivity index (χ0v) is 16.7. The summed E-state index contributed by atoms with van der Waals surface area (Å²) >= 11 is 1.28. The van der Waals surface area contributed by atoms with Crippen molar-refractivity contribution in [3.05, 3.63) is 41.2 Å². The summed E-state index contributed by atoms with van der Waals surface area (Å²) in [5.41, 5.74) is 1.37. The Kier molecular flexibility index (Phi) is 6.91. The first-order valence-corrected chi connectivity index (χ1v) is 10.3. The van der Waals surface area contributed by atoms with E-state index in [1.807, 2.05) is 0 Å². The highest BCUT2D eigenvalue weighted by Gasteiger charge is 2.22. The molecule has 9 heteroatoms. The Balaban J connectivity index is 1.47. The summed E-state index contributed by atoms with van der Waals surface area (Å²) in [6.07, 6.45) is 5.85. The molecular formula is C19H25N5O3S. The van der Waals surface area contributed by atoms with Crippen LogP contribution in [0.15, 0.2) is 29.4 Å². The summed E-state index contributed by atoms with van der Waals surface area (Å²) in [5, 5.41) is 11.8. The summed E-state index contributed by atoms with van der Waals surface area (Å²) in [6.45, 7) is 0.378. The number of aromatic nitrogens is 3. The van der Waals surface area contributed by atoms with Crippen LogP contribution in [0.2, 0.25) is 0 Å². The third kappa shape index (κ3) is 5.03. The first kappa shape index (κ1) is 20.2. The molecule has 3 rings (SSSR count). The van der Waals surface area contributed by atoms with E-state index in [1.165, 1.54) is 42.8 Å². The van der Waals surface area contributed by atoms with Gasteiger partial charge < -0.3 is 15.9 Å². The second-order valence-corrected chi connectivity index (χ2v) is 7.74. The average Bonchev–Trinajstić information content (AvgIpc) is 3.11. The van der Waals surface area contributed by atoms with Gasteiger partial charge in [0.25, 0.3) is 0 Å². The molecule has 1 aliphatic rings. The lowest BCUT2D eigenvalue weighted by Crippen LogP contribution is -2.25. The number of carbonyl (C=O) groups is 2. The van der Waals surface area contributed by atoms with Gasteiger partial charge in [0, 0.05) is 12.5 Å². The molecule has 0 saturated heterocycles. The maximum Gasteiger partial charge on any atom is 0.337 e. The van der Waals surface area contributed by atoms with Gasteiger partial charge in [-0.3, -0.25) is 4.79 Å². The van der Waals surface area contributed by atoms with Gasteiger partial charge in [-0.25, -0.2) is 9.47 Å². The van der Waals surface area contributed by atoms with Crippen molar-refractivity contribution < 1.29 is 14.3 Å². The Morgan fingerprint density at radius 1 is 1.21 bits per heavy atom. The van der Waals surface area contributed by atoms with Crippen molar-refractivity contribution in [2.24, 2.45) is 0 Å². The van der Waals surface area contributed by atoms with Crippen molar-refractivity contribution in [1.29, 1.82) is 0 Å². The molecule has 8 nitrogen and oxygen atoms in total. The second-order valence-electron chi connectivity index (χ2n) is 6.80. The van der Waals surface area contributed by atoms with Gasteiger partial charge in [0.2, 0.25) is 11.1 Å². The summed E-state index contributed by atoms with van der Waals surface area (Å²) in [4.78, 5) is 23.5. The zero-order valence-electron chi connectivity index (χ0n) is 15.9. The van der Waals surface area contributed by atoms with Gasteiger partial charge >= 0.3 is 5.97 Å². The molecule has 0 atom stereocenters. The number of nitrogens with zero attached hydrogens (tertiary/aromatic N) is 3. The Hall–Kier alpha value is -2.55. The van der Waals surface area contributed by atoms with Gasteiger partial charge in [-0.2, -0.15) is 0 Å². The van der Waals surface area contributed by atoms with Crippen LogP contribution in [0.4, 0.5) is 0 Å². The van der Waals surface area contributed by atoms with E-state index in [2.05, 4.69) is 20.3 Å². The third-order valence-electron chi connectivity index (χ3n) is 4.86. The summed E-state index contributed by atoms with van der Waals surface area (Å²) in [6, 6.07) is 6.91. The highest BCUT2D eigenvalue weighted by molar-refractivity contribution is 7.99. The fourth-order valence-corrected chi connectivity index (χ4v) is 3.98. The van der Waals surface area contributed by atoms with E-state index < -0.39 is 0 Å². The van der Waals surface area contributed by atoms with Crippen molar-refractivity contribution in [3.63, 3.8) is 0 Å². The summed E-state index contributed by atoms with van der Waals surface area (Å²) in [7, 11) is 1.34. The molecule has 1 amide bonds. The fourth-order valence-electron chi connectivity index (χ4n) is 3.28. The average molecular weight is 404 g/mol. The lowest BCUT2D eigenvalue weighted by atomic mass is 9.89. The molecule has 0 aliphatic heterocycles. The largest absolute Gasteiger partial charge is 0.465 e. The van der Waals surface area contributed by atoms with Gasteiger partial charge in [-0.1, -0.05) is 43.2 Å². The Bertz CT molecular complexity index is 815. The minimum absolute atomic E-state index is 0.121. The quantitative estimate of drug-likeness (QED) is 0.414. The molecule has 150 valence electrons. The van der Waals surface area contributed by atoms with Crippen LogP contribution in [0.3, 0.4) is 0 Å². The molecule has 1 aromatic carbocycles. The van der Waals surface area contributed by atoms with Crippen molar-refractivity contribution >= 4 is 23.6 Å². The van der Waals surface area contributed by atoms with Gasteiger partial charge in [0.05, 0.1) is 18.4 Å². The molecule has 28 heavy (non-hydrogen) atoms. The van der Waals surface area contributed by atoms with E-state index >= 15 is 0 Å². The number of methoxy groups -OCH3 is 1. The molecule has 0 spiro atoms. The fraction of sp³-hybridized carbons (Fsp3) is 0.474. The number of rotatable bonds is 7. The van der Waals surface area contributed by atoms with Gasteiger partial charge in [-0.05, 0) is 30.5 Å². The molecule has 1 saturated carbocycles. The van der Waals surface area contributed by atoms with Crippen LogP contribution >= 0.6 is 11.8 Å². The predicted molar refractivity (Wildman–Crippen MR) is 106 cm³/mol. The highest BCUT2D eigenvalue weighted by Crippen LogP contribution is 2.32. The number of esters is 1. The number of hydrogen-bond acceptors (Lipinski definition) is 7. The van der Waals surface area contributed by atoms with Crippen LogP contribution in [0.1, 0.15) is 59.8 Å². The normalized spacial score (nSPS) is 14.6. The maximum absolute atomic E-state index is 12.1. The van der Waals surface area contributed by atoms with Crippen molar-refractivity contribution in [3.8, 4) is 0 Å². The van der Waals surface area contributed by atoms with Gasteiger partial charge in [-0.15, -0.1) is 10.2 Å². The predicted octanol–water partition coefficient (Wildman–Crippen LogP) is 2.23. The number of nitrogens with one attached hydrogen (secondary N) is 1. The molecule has 1 aromatic heterocycles. The van der Waals surface area contributed by atoms with Crippen molar-refractivity contribution in [2.75, 3.05) is 18.7 Å². The van der Waals surface area contributed by atoms with E-state index in [4.69, 9.17) is 5.84 Å². The number of thioether (sulfide) groups is 1. The summed E-state index contributed by atoms with van der Waals surface area (Å²) < 4.78 is 6.19. The molecule has 0 radical (unpaired) electrons. The number of carbonyl (C=O) groups excluding carboxylic acids is 2. The highest BCUT2D eigenvalue weighted by atomic mass is 32.2. The van der Waals surface area contributed by atoms with E-state index in [0.717, 1.165) is 24.2 Å². The van der Waals surface area contributed by atoms with Crippen LogP contribution in [0.5, 0.6) is 0 Å². The third-order valence-corrected chi connectivity index (χ3v) is 5.80. The van der Waals surface area contributed by atoms with E-state index in [-0.39, 0.29) is 17.6 Å². The van der Waals surface area contributed by atoms with Crippen LogP contribution in [-0.4, -0.2) is 39.6 Å². The standard InChI is InChI=1S/C19H25N5O3S/c1-27-18(26)15-9-7-13(8-10-15)11-21-16(25)12-28-19-23-22-17(24(19)20)14-5-3-2-4-6-14/h7-10,14H,2-6,11-12,20H2,1H3,(H,21,25). The number of ether oxygens (including phenoxy) is 1. The molecular weight excluding hydrogens is 378 g/mol. The number of benzene rings is 1. The van der Waals surface area contributed by atoms with E-state index in [0.29, 0.717) is 23.2 Å². The SMILES string of the molecule is COC(=O)c1ccc(CNC(=O)CSc2nnc(C3CCCCC3)n2N)cc1. The molecule has 2 aromatic rings. The van der Waals surface area contributed by atoms with Crippen LogP contribution in [0.25, 0.3) is 0 Å². The first-order valence-electron chi connectivity index (χ1n) is 9.35. The van der Waals surface area contributed by atoms with Crippen molar-refractivity contribution in [2.45, 2.75) is 49.7 Å². The molecule has 1 fully saturated rings. The van der Waals surface area contributed by atoms with Crippen LogP contribution in [-0.2, 0) is 16.1 Å². The minimum Gasteiger partial charge on any atom is -0.465 e. The smallest absolute Gasteiger partial charge is 0.337 e. The topological polar surface area (TPSA) is 112 Å². The number of hydrogen-bond donors (Lipinski definition) is 2. The molecule has 3 N–H and O–H groups in total. The number of amides is 1. The van der Waals surface area contributed by atoms with Crippen LogP contribution in [0, 0.1) is 0 Å². The second kappa shape index (κ2) is 9.59.